The number of hydrogen-bond donors (Lipinski definition) is 1. The van der Waals surface area contributed by atoms with E-state index >= 15 is 0 Å². The Labute approximate surface area is 209 Å². The number of hydrogen-bond acceptors (Lipinski definition) is 5. The summed E-state index contributed by atoms with van der Waals surface area (Å²) in [5, 5.41) is 9.10. The predicted octanol–water partition coefficient (Wildman–Crippen LogP) is 3.16. The Hall–Kier alpha value is -3.11. The molecule has 2 aromatic carbocycles. The van der Waals surface area contributed by atoms with Gasteiger partial charge in [-0.15, -0.1) is 0 Å². The van der Waals surface area contributed by atoms with Crippen LogP contribution in [0.5, 0.6) is 5.75 Å². The Morgan fingerprint density at radius 1 is 1.03 bits per heavy atom. The standard InChI is InChI=1S/C26H32F3N3O4/c1-30(2)14-15-32(16-20-6-3-4-8-22(20)26(27,28)29)24(33)18-36-23-9-5-7-19-10-12-31(17-25(34)35)13-11-21(19)23/h3-9H,10-18H2,1-2H3,(H,34,35). The number of carbonyl (C=O) groups is 2. The van der Waals surface area contributed by atoms with E-state index in [1.807, 2.05) is 36.0 Å². The molecule has 1 aliphatic heterocycles. The van der Waals surface area contributed by atoms with Gasteiger partial charge in [-0.1, -0.05) is 30.3 Å². The Morgan fingerprint density at radius 2 is 1.75 bits per heavy atom. The zero-order valence-corrected chi connectivity index (χ0v) is 20.6. The average Bonchev–Trinajstić information content (AvgIpc) is 3.02. The lowest BCUT2D eigenvalue weighted by Gasteiger charge is -2.26. The highest BCUT2D eigenvalue weighted by molar-refractivity contribution is 5.78. The van der Waals surface area contributed by atoms with Crippen molar-refractivity contribution in [1.82, 2.24) is 14.7 Å². The fourth-order valence-electron chi connectivity index (χ4n) is 4.26. The third-order valence-corrected chi connectivity index (χ3v) is 6.17. The SMILES string of the molecule is CN(C)CCN(Cc1ccccc1C(F)(F)F)C(=O)COc1cccc2c1CCN(CC(=O)O)CC2. The molecule has 0 unspecified atom stereocenters. The summed E-state index contributed by atoms with van der Waals surface area (Å²) in [5.41, 5.74) is 1.24. The molecule has 0 saturated heterocycles. The lowest BCUT2D eigenvalue weighted by atomic mass is 10.0. The normalized spacial score (nSPS) is 14.3. The molecule has 1 amide bonds. The van der Waals surface area contributed by atoms with Gasteiger partial charge in [0.25, 0.3) is 5.91 Å². The van der Waals surface area contributed by atoms with Gasteiger partial charge in [-0.3, -0.25) is 14.5 Å². The van der Waals surface area contributed by atoms with Crippen molar-refractivity contribution in [2.24, 2.45) is 0 Å². The van der Waals surface area contributed by atoms with E-state index in [2.05, 4.69) is 0 Å². The highest BCUT2D eigenvalue weighted by atomic mass is 19.4. The summed E-state index contributed by atoms with van der Waals surface area (Å²) in [6.07, 6.45) is -3.27. The number of fused-ring (bicyclic) bond motifs is 1. The summed E-state index contributed by atoms with van der Waals surface area (Å²) >= 11 is 0. The van der Waals surface area contributed by atoms with Crippen LogP contribution in [0.25, 0.3) is 0 Å². The molecule has 0 saturated carbocycles. The van der Waals surface area contributed by atoms with E-state index in [1.165, 1.54) is 23.1 Å². The number of carboxylic acid groups (broad SMARTS) is 1. The first kappa shape index (κ1) is 27.5. The first-order chi connectivity index (χ1) is 17.0. The number of carboxylic acids is 1. The van der Waals surface area contributed by atoms with Crippen LogP contribution in [0.1, 0.15) is 22.3 Å². The van der Waals surface area contributed by atoms with E-state index in [0.717, 1.165) is 17.2 Å². The van der Waals surface area contributed by atoms with Crippen molar-refractivity contribution in [2.45, 2.75) is 25.6 Å². The minimum absolute atomic E-state index is 0.0317. The van der Waals surface area contributed by atoms with Crippen molar-refractivity contribution < 1.29 is 32.6 Å². The second kappa shape index (κ2) is 12.2. The maximum Gasteiger partial charge on any atom is 0.416 e. The first-order valence-corrected chi connectivity index (χ1v) is 11.8. The van der Waals surface area contributed by atoms with Crippen molar-refractivity contribution in [3.63, 3.8) is 0 Å². The largest absolute Gasteiger partial charge is 0.483 e. The topological polar surface area (TPSA) is 73.3 Å². The molecule has 0 aromatic heterocycles. The molecule has 1 aliphatic rings. The van der Waals surface area contributed by atoms with Crippen LogP contribution in [0.3, 0.4) is 0 Å². The molecular weight excluding hydrogens is 475 g/mol. The van der Waals surface area contributed by atoms with Crippen LogP contribution < -0.4 is 4.74 Å². The molecule has 0 fully saturated rings. The number of alkyl halides is 3. The second-order valence-electron chi connectivity index (χ2n) is 9.13. The van der Waals surface area contributed by atoms with E-state index in [0.29, 0.717) is 38.2 Å². The Balaban J connectivity index is 1.73. The summed E-state index contributed by atoms with van der Waals surface area (Å²) in [6, 6.07) is 10.8. The summed E-state index contributed by atoms with van der Waals surface area (Å²) < 4.78 is 46.4. The number of halogens is 3. The van der Waals surface area contributed by atoms with Gasteiger partial charge in [0.05, 0.1) is 12.1 Å². The maximum absolute atomic E-state index is 13.5. The molecule has 3 rings (SSSR count). The molecule has 0 radical (unpaired) electrons. The summed E-state index contributed by atoms with van der Waals surface area (Å²) in [5.74, 6) is -0.748. The van der Waals surface area contributed by atoms with Gasteiger partial charge < -0.3 is 19.6 Å². The van der Waals surface area contributed by atoms with Crippen molar-refractivity contribution in [2.75, 3.05) is 53.4 Å². The van der Waals surface area contributed by atoms with E-state index in [9.17, 15) is 22.8 Å². The van der Waals surface area contributed by atoms with Gasteiger partial charge in [-0.2, -0.15) is 13.2 Å². The van der Waals surface area contributed by atoms with Crippen molar-refractivity contribution in [1.29, 1.82) is 0 Å². The molecule has 0 atom stereocenters. The van der Waals surface area contributed by atoms with Crippen molar-refractivity contribution >= 4 is 11.9 Å². The number of ether oxygens (including phenoxy) is 1. The minimum atomic E-state index is -4.51. The molecule has 2 aromatic rings. The Morgan fingerprint density at radius 3 is 2.44 bits per heavy atom. The van der Waals surface area contributed by atoms with Crippen molar-refractivity contribution in [3.05, 3.63) is 64.7 Å². The quantitative estimate of drug-likeness (QED) is 0.533. The third kappa shape index (κ3) is 7.69. The number of rotatable bonds is 10. The smallest absolute Gasteiger partial charge is 0.416 e. The number of nitrogens with zero attached hydrogens (tertiary/aromatic N) is 3. The number of aliphatic carboxylic acids is 1. The molecule has 196 valence electrons. The van der Waals surface area contributed by atoms with Gasteiger partial charge in [-0.25, -0.2) is 0 Å². The Bertz CT molecular complexity index is 1060. The van der Waals surface area contributed by atoms with Crippen LogP contribution in [0, 0.1) is 0 Å². The van der Waals surface area contributed by atoms with Crippen LogP contribution in [0.2, 0.25) is 0 Å². The lowest BCUT2D eigenvalue weighted by molar-refractivity contribution is -0.140. The average molecular weight is 508 g/mol. The molecule has 1 heterocycles. The van der Waals surface area contributed by atoms with Gasteiger partial charge in [-0.05, 0) is 55.8 Å². The molecule has 36 heavy (non-hydrogen) atoms. The van der Waals surface area contributed by atoms with E-state index in [-0.39, 0.29) is 31.8 Å². The molecule has 0 bridgehead atoms. The van der Waals surface area contributed by atoms with E-state index < -0.39 is 23.6 Å². The second-order valence-corrected chi connectivity index (χ2v) is 9.13. The molecule has 0 aliphatic carbocycles. The van der Waals surface area contributed by atoms with Crippen LogP contribution in [0.15, 0.2) is 42.5 Å². The van der Waals surface area contributed by atoms with E-state index in [4.69, 9.17) is 9.84 Å². The fraction of sp³-hybridized carbons (Fsp3) is 0.462. The summed E-state index contributed by atoms with van der Waals surface area (Å²) in [7, 11) is 3.66. The molecule has 0 spiro atoms. The zero-order valence-electron chi connectivity index (χ0n) is 20.6. The van der Waals surface area contributed by atoms with Crippen molar-refractivity contribution in [3.8, 4) is 5.75 Å². The highest BCUT2D eigenvalue weighted by Crippen LogP contribution is 2.32. The summed E-state index contributed by atoms with van der Waals surface area (Å²) in [4.78, 5) is 29.3. The lowest BCUT2D eigenvalue weighted by Crippen LogP contribution is -2.39. The van der Waals surface area contributed by atoms with Gasteiger partial charge in [0, 0.05) is 32.7 Å². The van der Waals surface area contributed by atoms with Gasteiger partial charge >= 0.3 is 12.1 Å². The molecule has 1 N–H and O–H groups in total. The van der Waals surface area contributed by atoms with Crippen LogP contribution in [-0.4, -0.2) is 85.1 Å². The third-order valence-electron chi connectivity index (χ3n) is 6.17. The molecular formula is C26H32F3N3O4. The first-order valence-electron chi connectivity index (χ1n) is 11.8. The summed E-state index contributed by atoms with van der Waals surface area (Å²) in [6.45, 7) is 1.37. The number of benzene rings is 2. The maximum atomic E-state index is 13.5. The molecule has 10 heteroatoms. The van der Waals surface area contributed by atoms with Gasteiger partial charge in [0.15, 0.2) is 6.61 Å². The number of carbonyl (C=O) groups excluding carboxylic acids is 1. The number of likely N-dealkylation sites (N-methyl/N-ethyl adjacent to an activating group) is 1. The van der Waals surface area contributed by atoms with Crippen LogP contribution in [-0.2, 0) is 35.2 Å². The Kier molecular flexibility index (Phi) is 9.33. The van der Waals surface area contributed by atoms with Gasteiger partial charge in [0.1, 0.15) is 5.75 Å². The number of amides is 1. The fourth-order valence-corrected chi connectivity index (χ4v) is 4.26. The monoisotopic (exact) mass is 507 g/mol. The minimum Gasteiger partial charge on any atom is -0.483 e. The van der Waals surface area contributed by atoms with Crippen LogP contribution in [0.4, 0.5) is 13.2 Å². The molecule has 7 nitrogen and oxygen atoms in total. The van der Waals surface area contributed by atoms with E-state index in [1.54, 1.807) is 6.07 Å². The predicted molar refractivity (Wildman–Crippen MR) is 129 cm³/mol. The van der Waals surface area contributed by atoms with Crippen LogP contribution >= 0.6 is 0 Å². The zero-order chi connectivity index (χ0) is 26.3. The highest BCUT2D eigenvalue weighted by Gasteiger charge is 2.33. The van der Waals surface area contributed by atoms with Gasteiger partial charge in [0.2, 0.25) is 0 Å².